The second-order valence-corrected chi connectivity index (χ2v) is 7.63. The number of aromatic nitrogens is 1. The van der Waals surface area contributed by atoms with Crippen molar-refractivity contribution in [2.45, 2.75) is 39.2 Å². The van der Waals surface area contributed by atoms with E-state index >= 15 is 0 Å². The van der Waals surface area contributed by atoms with Gasteiger partial charge in [-0.25, -0.2) is 0 Å². The monoisotopic (exact) mass is 392 g/mol. The molecule has 0 saturated heterocycles. The lowest BCUT2D eigenvalue weighted by Gasteiger charge is -2.21. The van der Waals surface area contributed by atoms with E-state index in [9.17, 15) is 0 Å². The number of hydrogen-bond acceptors (Lipinski definition) is 4. The first-order chi connectivity index (χ1) is 14.2. The predicted molar refractivity (Wildman–Crippen MR) is 111 cm³/mol. The zero-order valence-electron chi connectivity index (χ0n) is 17.2. The van der Waals surface area contributed by atoms with Crippen molar-refractivity contribution >= 4 is 10.8 Å². The topological polar surface area (TPSA) is 40.8 Å². The normalized spacial score (nSPS) is 13.9. The summed E-state index contributed by atoms with van der Waals surface area (Å²) in [6.45, 7) is 3.47. The standard InChI is InChI=1S/C24H26NO4/c1-4-5-6-17-16-7-8-20(26-2)24(27-3)19(16)13-25-10-9-15-11-21-22(29-14-28-21)12-18(15)23(17)25/h7-8,11-13H,4-6,9-10,14H2,1-3H3/q+1. The lowest BCUT2D eigenvalue weighted by Crippen LogP contribution is -2.41. The number of pyridine rings is 1. The SMILES string of the molecule is CCCCc1c2[n+](cc3c(OC)c(OC)ccc13)CCc1cc3c(cc1-2)OCO3. The van der Waals surface area contributed by atoms with Gasteiger partial charge >= 0.3 is 0 Å². The summed E-state index contributed by atoms with van der Waals surface area (Å²) in [5.41, 5.74) is 5.23. The van der Waals surface area contributed by atoms with Gasteiger partial charge in [-0.1, -0.05) is 13.3 Å². The number of rotatable bonds is 5. The molecule has 0 unspecified atom stereocenters. The molecule has 3 aromatic rings. The molecule has 0 fully saturated rings. The summed E-state index contributed by atoms with van der Waals surface area (Å²) in [6.07, 6.45) is 6.49. The maximum Gasteiger partial charge on any atom is 0.231 e. The Morgan fingerprint density at radius 2 is 1.86 bits per heavy atom. The van der Waals surface area contributed by atoms with Crippen molar-refractivity contribution in [3.8, 4) is 34.3 Å². The highest BCUT2D eigenvalue weighted by Gasteiger charge is 2.32. The molecule has 150 valence electrons. The molecule has 0 amide bonds. The van der Waals surface area contributed by atoms with Gasteiger partial charge in [0.15, 0.2) is 35.7 Å². The van der Waals surface area contributed by atoms with E-state index in [1.165, 1.54) is 27.8 Å². The Labute approximate surface area is 170 Å². The molecule has 3 heterocycles. The van der Waals surface area contributed by atoms with Crippen molar-refractivity contribution in [2.75, 3.05) is 21.0 Å². The van der Waals surface area contributed by atoms with Crippen LogP contribution in [-0.2, 0) is 19.4 Å². The summed E-state index contributed by atoms with van der Waals surface area (Å²) in [6, 6.07) is 8.50. The molecule has 5 rings (SSSR count). The molecule has 0 radical (unpaired) electrons. The number of hydrogen-bond donors (Lipinski definition) is 0. The minimum absolute atomic E-state index is 0.301. The Hall–Kier alpha value is -2.95. The highest BCUT2D eigenvalue weighted by atomic mass is 16.7. The highest BCUT2D eigenvalue weighted by molar-refractivity contribution is 5.95. The molecule has 0 N–H and O–H groups in total. The van der Waals surface area contributed by atoms with E-state index in [0.717, 1.165) is 60.6 Å². The Morgan fingerprint density at radius 1 is 1.03 bits per heavy atom. The predicted octanol–water partition coefficient (Wildman–Crippen LogP) is 4.44. The van der Waals surface area contributed by atoms with Crippen LogP contribution >= 0.6 is 0 Å². The van der Waals surface area contributed by atoms with E-state index in [4.69, 9.17) is 18.9 Å². The Morgan fingerprint density at radius 3 is 2.62 bits per heavy atom. The molecular weight excluding hydrogens is 366 g/mol. The summed E-state index contributed by atoms with van der Waals surface area (Å²) in [4.78, 5) is 0. The Bertz CT molecular complexity index is 1110. The molecule has 0 saturated carbocycles. The maximum absolute atomic E-state index is 5.76. The van der Waals surface area contributed by atoms with E-state index in [1.54, 1.807) is 14.2 Å². The minimum Gasteiger partial charge on any atom is -0.493 e. The second-order valence-electron chi connectivity index (χ2n) is 7.63. The third-order valence-electron chi connectivity index (χ3n) is 6.02. The van der Waals surface area contributed by atoms with Gasteiger partial charge in [0.25, 0.3) is 0 Å². The van der Waals surface area contributed by atoms with Gasteiger partial charge in [-0.15, -0.1) is 0 Å². The van der Waals surface area contributed by atoms with Crippen molar-refractivity contribution in [3.63, 3.8) is 0 Å². The van der Waals surface area contributed by atoms with Gasteiger partial charge in [0.05, 0.1) is 25.2 Å². The molecule has 0 bridgehead atoms. The zero-order chi connectivity index (χ0) is 20.0. The lowest BCUT2D eigenvalue weighted by atomic mass is 9.89. The molecule has 5 nitrogen and oxygen atoms in total. The van der Waals surface area contributed by atoms with Crippen molar-refractivity contribution < 1.29 is 23.5 Å². The van der Waals surface area contributed by atoms with E-state index in [2.05, 4.69) is 35.9 Å². The zero-order valence-corrected chi connectivity index (χ0v) is 17.2. The molecule has 0 aliphatic carbocycles. The first-order valence-electron chi connectivity index (χ1n) is 10.3. The largest absolute Gasteiger partial charge is 0.493 e. The third-order valence-corrected chi connectivity index (χ3v) is 6.02. The highest BCUT2D eigenvalue weighted by Crippen LogP contribution is 2.43. The van der Waals surface area contributed by atoms with Crippen LogP contribution < -0.4 is 23.5 Å². The van der Waals surface area contributed by atoms with Crippen molar-refractivity contribution in [1.82, 2.24) is 0 Å². The molecule has 2 aliphatic heterocycles. The summed E-state index contributed by atoms with van der Waals surface area (Å²) >= 11 is 0. The van der Waals surface area contributed by atoms with Crippen LogP contribution in [0.3, 0.4) is 0 Å². The van der Waals surface area contributed by atoms with E-state index in [0.29, 0.717) is 6.79 Å². The average molecular weight is 392 g/mol. The first kappa shape index (κ1) is 18.1. The maximum atomic E-state index is 5.76. The first-order valence-corrected chi connectivity index (χ1v) is 10.3. The van der Waals surface area contributed by atoms with Crippen LogP contribution in [-0.4, -0.2) is 21.0 Å². The fourth-order valence-corrected chi connectivity index (χ4v) is 4.62. The average Bonchev–Trinajstić information content (AvgIpc) is 3.21. The number of fused-ring (bicyclic) bond motifs is 5. The van der Waals surface area contributed by atoms with Crippen LogP contribution in [0.4, 0.5) is 0 Å². The van der Waals surface area contributed by atoms with Gasteiger partial charge in [-0.3, -0.25) is 0 Å². The number of ether oxygens (including phenoxy) is 4. The molecule has 5 heteroatoms. The number of unbranched alkanes of at least 4 members (excludes halogenated alkanes) is 1. The van der Waals surface area contributed by atoms with Crippen LogP contribution in [0.2, 0.25) is 0 Å². The lowest BCUT2D eigenvalue weighted by molar-refractivity contribution is -0.686. The van der Waals surface area contributed by atoms with E-state index in [-0.39, 0.29) is 0 Å². The fourth-order valence-electron chi connectivity index (χ4n) is 4.62. The number of methoxy groups -OCH3 is 2. The smallest absolute Gasteiger partial charge is 0.231 e. The van der Waals surface area contributed by atoms with Crippen LogP contribution in [0.25, 0.3) is 22.0 Å². The number of nitrogens with zero attached hydrogens (tertiary/aromatic N) is 1. The van der Waals surface area contributed by atoms with Crippen molar-refractivity contribution in [3.05, 3.63) is 41.6 Å². The Balaban J connectivity index is 1.81. The van der Waals surface area contributed by atoms with Crippen molar-refractivity contribution in [2.24, 2.45) is 0 Å². The molecule has 29 heavy (non-hydrogen) atoms. The molecule has 2 aliphatic rings. The van der Waals surface area contributed by atoms with Gasteiger partial charge in [-0.05, 0) is 42.7 Å². The van der Waals surface area contributed by atoms with Crippen LogP contribution in [0.15, 0.2) is 30.5 Å². The quantitative estimate of drug-likeness (QED) is 0.602. The minimum atomic E-state index is 0.301. The summed E-state index contributed by atoms with van der Waals surface area (Å²) in [5, 5.41) is 2.33. The van der Waals surface area contributed by atoms with Gasteiger partial charge in [0, 0.05) is 17.4 Å². The number of aryl methyl sites for hydroxylation is 3. The molecule has 1 aromatic heterocycles. The second kappa shape index (κ2) is 7.14. The van der Waals surface area contributed by atoms with E-state index in [1.807, 2.05) is 6.07 Å². The van der Waals surface area contributed by atoms with Crippen molar-refractivity contribution in [1.29, 1.82) is 0 Å². The summed E-state index contributed by atoms with van der Waals surface area (Å²) in [7, 11) is 3.40. The molecule has 0 spiro atoms. The summed E-state index contributed by atoms with van der Waals surface area (Å²) in [5.74, 6) is 3.27. The van der Waals surface area contributed by atoms with Crippen LogP contribution in [0, 0.1) is 0 Å². The number of benzene rings is 2. The van der Waals surface area contributed by atoms with Gasteiger partial charge < -0.3 is 18.9 Å². The van der Waals surface area contributed by atoms with E-state index < -0.39 is 0 Å². The Kier molecular flexibility index (Phi) is 4.46. The van der Waals surface area contributed by atoms with Gasteiger partial charge in [0.2, 0.25) is 12.5 Å². The molecule has 0 atom stereocenters. The van der Waals surface area contributed by atoms with Gasteiger partial charge in [0.1, 0.15) is 0 Å². The fraction of sp³-hybridized carbons (Fsp3) is 0.375. The van der Waals surface area contributed by atoms with Crippen LogP contribution in [0.1, 0.15) is 30.9 Å². The van der Waals surface area contributed by atoms with Gasteiger partial charge in [-0.2, -0.15) is 4.57 Å². The molecular formula is C24H26NO4+. The summed E-state index contributed by atoms with van der Waals surface area (Å²) < 4.78 is 25.0. The van der Waals surface area contributed by atoms with Crippen LogP contribution in [0.5, 0.6) is 23.0 Å². The molecule has 2 aromatic carbocycles. The third kappa shape index (κ3) is 2.79.